The monoisotopic (exact) mass is 267 g/mol. The van der Waals surface area contributed by atoms with Crippen molar-refractivity contribution in [2.75, 3.05) is 5.32 Å². The van der Waals surface area contributed by atoms with Gasteiger partial charge in [0, 0.05) is 6.42 Å². The fourth-order valence-corrected chi connectivity index (χ4v) is 2.08. The summed E-state index contributed by atoms with van der Waals surface area (Å²) in [4.78, 5) is 22.6. The highest BCUT2D eigenvalue weighted by Crippen LogP contribution is 2.30. The van der Waals surface area contributed by atoms with Crippen LogP contribution in [-0.2, 0) is 4.79 Å². The van der Waals surface area contributed by atoms with Crippen LogP contribution in [0.1, 0.15) is 36.0 Å². The third-order valence-corrected chi connectivity index (χ3v) is 3.52. The minimum absolute atomic E-state index is 0.107. The van der Waals surface area contributed by atoms with Crippen molar-refractivity contribution in [3.05, 3.63) is 28.8 Å². The lowest BCUT2D eigenvalue weighted by molar-refractivity contribution is -0.117. The van der Waals surface area contributed by atoms with E-state index in [0.29, 0.717) is 23.0 Å². The quantitative estimate of drug-likeness (QED) is 0.880. The minimum Gasteiger partial charge on any atom is -0.478 e. The molecule has 0 radical (unpaired) electrons. The third kappa shape index (κ3) is 3.01. The standard InChI is InChI=1S/C13H14ClNO3/c14-10-5-4-9(13(17)18)7-11(10)15-12(16)6-8-2-1-3-8/h4-5,7-8H,1-3,6H2,(H,15,16)(H,17,18). The highest BCUT2D eigenvalue weighted by atomic mass is 35.5. The summed E-state index contributed by atoms with van der Waals surface area (Å²) in [5, 5.41) is 11.9. The molecular formula is C13H14ClNO3. The molecule has 1 saturated carbocycles. The normalized spacial score (nSPS) is 14.9. The summed E-state index contributed by atoms with van der Waals surface area (Å²) in [6.45, 7) is 0. The molecule has 0 bridgehead atoms. The molecule has 4 nitrogen and oxygen atoms in total. The number of carboxylic acid groups (broad SMARTS) is 1. The van der Waals surface area contributed by atoms with E-state index in [1.165, 1.54) is 24.6 Å². The summed E-state index contributed by atoms with van der Waals surface area (Å²) < 4.78 is 0. The number of halogens is 1. The summed E-state index contributed by atoms with van der Waals surface area (Å²) in [6.07, 6.45) is 3.85. The van der Waals surface area contributed by atoms with E-state index in [4.69, 9.17) is 16.7 Å². The molecule has 1 aliphatic carbocycles. The third-order valence-electron chi connectivity index (χ3n) is 3.19. The number of carbonyl (C=O) groups is 2. The number of carboxylic acids is 1. The molecule has 0 aliphatic heterocycles. The van der Waals surface area contributed by atoms with E-state index in [-0.39, 0.29) is 11.5 Å². The minimum atomic E-state index is -1.04. The lowest BCUT2D eigenvalue weighted by atomic mass is 9.83. The van der Waals surface area contributed by atoms with Crippen LogP contribution in [0.3, 0.4) is 0 Å². The molecule has 96 valence electrons. The van der Waals surface area contributed by atoms with Gasteiger partial charge in [0.15, 0.2) is 0 Å². The zero-order valence-corrected chi connectivity index (χ0v) is 10.5. The number of nitrogens with one attached hydrogen (secondary N) is 1. The van der Waals surface area contributed by atoms with Gasteiger partial charge in [-0.05, 0) is 37.0 Å². The van der Waals surface area contributed by atoms with Gasteiger partial charge in [-0.2, -0.15) is 0 Å². The number of hydrogen-bond acceptors (Lipinski definition) is 2. The maximum absolute atomic E-state index is 11.7. The van der Waals surface area contributed by atoms with Crippen LogP contribution in [-0.4, -0.2) is 17.0 Å². The predicted molar refractivity (Wildman–Crippen MR) is 69.0 cm³/mol. The Morgan fingerprint density at radius 1 is 1.39 bits per heavy atom. The molecule has 0 aromatic heterocycles. The first-order valence-electron chi connectivity index (χ1n) is 5.89. The zero-order chi connectivity index (χ0) is 13.1. The van der Waals surface area contributed by atoms with E-state index in [1.807, 2.05) is 0 Å². The van der Waals surface area contributed by atoms with Crippen LogP contribution in [0.4, 0.5) is 5.69 Å². The van der Waals surface area contributed by atoms with Crippen molar-refractivity contribution in [3.63, 3.8) is 0 Å². The molecule has 0 unspecified atom stereocenters. The maximum atomic E-state index is 11.7. The Morgan fingerprint density at radius 3 is 2.67 bits per heavy atom. The van der Waals surface area contributed by atoms with Crippen LogP contribution in [0.25, 0.3) is 0 Å². The molecule has 0 saturated heterocycles. The summed E-state index contributed by atoms with van der Waals surface area (Å²) in [5.74, 6) is -0.684. The molecule has 1 aliphatic rings. The average Bonchev–Trinajstić information content (AvgIpc) is 2.26. The molecule has 1 fully saturated rings. The SMILES string of the molecule is O=C(CC1CCC1)Nc1cc(C(=O)O)ccc1Cl. The van der Waals surface area contributed by atoms with Crippen molar-refractivity contribution in [1.29, 1.82) is 0 Å². The Hall–Kier alpha value is -1.55. The van der Waals surface area contributed by atoms with Crippen molar-refractivity contribution in [1.82, 2.24) is 0 Å². The summed E-state index contributed by atoms with van der Waals surface area (Å²) in [7, 11) is 0. The fraction of sp³-hybridized carbons (Fsp3) is 0.385. The van der Waals surface area contributed by atoms with Gasteiger partial charge in [-0.15, -0.1) is 0 Å². The molecule has 0 atom stereocenters. The van der Waals surface area contributed by atoms with Crippen LogP contribution in [0, 0.1) is 5.92 Å². The van der Waals surface area contributed by atoms with Crippen LogP contribution >= 0.6 is 11.6 Å². The van der Waals surface area contributed by atoms with Crippen molar-refractivity contribution < 1.29 is 14.7 Å². The molecule has 0 heterocycles. The first-order chi connectivity index (χ1) is 8.56. The lowest BCUT2D eigenvalue weighted by Gasteiger charge is -2.24. The maximum Gasteiger partial charge on any atom is 0.335 e. The topological polar surface area (TPSA) is 66.4 Å². The van der Waals surface area contributed by atoms with E-state index in [9.17, 15) is 9.59 Å². The average molecular weight is 268 g/mol. The highest BCUT2D eigenvalue weighted by Gasteiger charge is 2.21. The van der Waals surface area contributed by atoms with Crippen LogP contribution in [0.15, 0.2) is 18.2 Å². The summed E-state index contributed by atoms with van der Waals surface area (Å²) in [6, 6.07) is 4.26. The van der Waals surface area contributed by atoms with Crippen molar-refractivity contribution in [2.24, 2.45) is 5.92 Å². The number of benzene rings is 1. The van der Waals surface area contributed by atoms with Gasteiger partial charge in [0.05, 0.1) is 16.3 Å². The summed E-state index contributed by atoms with van der Waals surface area (Å²) >= 11 is 5.92. The van der Waals surface area contributed by atoms with Crippen LogP contribution in [0.2, 0.25) is 5.02 Å². The van der Waals surface area contributed by atoms with E-state index in [1.54, 1.807) is 0 Å². The summed E-state index contributed by atoms with van der Waals surface area (Å²) in [5.41, 5.74) is 0.472. The van der Waals surface area contributed by atoms with E-state index in [0.717, 1.165) is 12.8 Å². The Bertz CT molecular complexity index is 483. The van der Waals surface area contributed by atoms with Crippen molar-refractivity contribution >= 4 is 29.2 Å². The number of carbonyl (C=O) groups excluding carboxylic acids is 1. The van der Waals surface area contributed by atoms with Crippen molar-refractivity contribution in [2.45, 2.75) is 25.7 Å². The van der Waals surface area contributed by atoms with Gasteiger partial charge in [0.1, 0.15) is 0 Å². The van der Waals surface area contributed by atoms with Gasteiger partial charge >= 0.3 is 5.97 Å². The molecule has 1 aromatic carbocycles. The van der Waals surface area contributed by atoms with Crippen LogP contribution in [0.5, 0.6) is 0 Å². The second kappa shape index (κ2) is 5.40. The fourth-order valence-electron chi connectivity index (χ4n) is 1.91. The lowest BCUT2D eigenvalue weighted by Crippen LogP contribution is -2.21. The largest absolute Gasteiger partial charge is 0.478 e. The van der Waals surface area contributed by atoms with Gasteiger partial charge in [-0.25, -0.2) is 4.79 Å². The van der Waals surface area contributed by atoms with E-state index in [2.05, 4.69) is 5.32 Å². The second-order valence-corrected chi connectivity index (χ2v) is 4.96. The highest BCUT2D eigenvalue weighted by molar-refractivity contribution is 6.33. The Kier molecular flexibility index (Phi) is 3.87. The van der Waals surface area contributed by atoms with Crippen molar-refractivity contribution in [3.8, 4) is 0 Å². The Morgan fingerprint density at radius 2 is 2.11 bits per heavy atom. The smallest absolute Gasteiger partial charge is 0.335 e. The molecular weight excluding hydrogens is 254 g/mol. The van der Waals surface area contributed by atoms with Gasteiger partial charge in [-0.3, -0.25) is 4.79 Å². The molecule has 1 aromatic rings. The first kappa shape index (κ1) is 12.9. The van der Waals surface area contributed by atoms with Gasteiger partial charge in [0.25, 0.3) is 0 Å². The molecule has 2 rings (SSSR count). The molecule has 0 spiro atoms. The molecule has 1 amide bonds. The Labute approximate surface area is 110 Å². The van der Waals surface area contributed by atoms with E-state index >= 15 is 0 Å². The Balaban J connectivity index is 2.04. The van der Waals surface area contributed by atoms with Crippen LogP contribution < -0.4 is 5.32 Å². The number of hydrogen-bond donors (Lipinski definition) is 2. The number of rotatable bonds is 4. The number of amides is 1. The predicted octanol–water partition coefficient (Wildman–Crippen LogP) is 3.17. The number of aromatic carboxylic acids is 1. The number of anilines is 1. The van der Waals surface area contributed by atoms with E-state index < -0.39 is 5.97 Å². The molecule has 18 heavy (non-hydrogen) atoms. The second-order valence-electron chi connectivity index (χ2n) is 4.55. The zero-order valence-electron chi connectivity index (χ0n) is 9.78. The molecule has 5 heteroatoms. The first-order valence-corrected chi connectivity index (χ1v) is 6.27. The van der Waals surface area contributed by atoms with Gasteiger partial charge < -0.3 is 10.4 Å². The van der Waals surface area contributed by atoms with Gasteiger partial charge in [-0.1, -0.05) is 18.0 Å². The molecule has 2 N–H and O–H groups in total. The van der Waals surface area contributed by atoms with Gasteiger partial charge in [0.2, 0.25) is 5.91 Å².